The molecule has 6 nitrogen and oxygen atoms in total. The van der Waals surface area contributed by atoms with Crippen molar-refractivity contribution in [2.24, 2.45) is 10.1 Å². The number of aliphatic imine (C=N–C) groups is 1. The number of amidine groups is 1. The molecule has 90 valence electrons. The topological polar surface area (TPSA) is 75.4 Å². The van der Waals surface area contributed by atoms with Crippen molar-refractivity contribution < 1.29 is 14.8 Å². The van der Waals surface area contributed by atoms with Gasteiger partial charge in [-0.1, -0.05) is 17.3 Å². The van der Waals surface area contributed by atoms with E-state index in [1.54, 1.807) is 24.3 Å². The normalized spacial score (nSPS) is 16.1. The third-order valence-electron chi connectivity index (χ3n) is 2.20. The number of benzene rings is 1. The predicted octanol–water partition coefficient (Wildman–Crippen LogP) is 0.676. The molecule has 0 spiro atoms. The van der Waals surface area contributed by atoms with Crippen molar-refractivity contribution in [2.45, 2.75) is 0 Å². The van der Waals surface area contributed by atoms with Gasteiger partial charge in [-0.2, -0.15) is 0 Å². The fourth-order valence-electron chi connectivity index (χ4n) is 1.46. The second-order valence-electron chi connectivity index (χ2n) is 3.32. The average molecular weight is 235 g/mol. The largest absolute Gasteiger partial charge is 0.507 e. The summed E-state index contributed by atoms with van der Waals surface area (Å²) in [5.41, 5.74) is 3.60. The van der Waals surface area contributed by atoms with E-state index in [4.69, 9.17) is 9.68 Å². The number of rotatable bonds is 3. The molecule has 0 aliphatic carbocycles. The second kappa shape index (κ2) is 5.31. The van der Waals surface area contributed by atoms with E-state index in [9.17, 15) is 5.11 Å². The first-order valence-electron chi connectivity index (χ1n) is 5.15. The van der Waals surface area contributed by atoms with Crippen LogP contribution in [0.5, 0.6) is 5.75 Å². The van der Waals surface area contributed by atoms with Crippen LogP contribution >= 0.6 is 0 Å². The number of aromatic hydroxyl groups is 1. The highest BCUT2D eigenvalue weighted by atomic mass is 16.6. The first-order valence-corrected chi connectivity index (χ1v) is 5.15. The van der Waals surface area contributed by atoms with Gasteiger partial charge in [0.05, 0.1) is 13.2 Å². The van der Waals surface area contributed by atoms with Gasteiger partial charge in [-0.3, -0.25) is 9.83 Å². The summed E-state index contributed by atoms with van der Waals surface area (Å²) in [6, 6.07) is 6.83. The molecule has 2 N–H and O–H groups in total. The van der Waals surface area contributed by atoms with Crippen molar-refractivity contribution in [2.75, 3.05) is 20.3 Å². The number of phenols is 1. The molecule has 0 saturated carbocycles. The molecular weight excluding hydrogens is 222 g/mol. The van der Waals surface area contributed by atoms with E-state index in [2.05, 4.69) is 15.6 Å². The van der Waals surface area contributed by atoms with Gasteiger partial charge in [0.2, 0.25) is 0 Å². The lowest BCUT2D eigenvalue weighted by atomic mass is 10.1. The van der Waals surface area contributed by atoms with Gasteiger partial charge in [-0.25, -0.2) is 5.48 Å². The zero-order valence-electron chi connectivity index (χ0n) is 9.38. The van der Waals surface area contributed by atoms with Crippen molar-refractivity contribution in [1.82, 2.24) is 5.48 Å². The SMILES string of the molecule is CO/N=C(/C1=NCCON1)c1ccccc1O. The summed E-state index contributed by atoms with van der Waals surface area (Å²) in [6.07, 6.45) is 0. The van der Waals surface area contributed by atoms with Gasteiger partial charge in [0.15, 0.2) is 11.5 Å². The molecule has 0 saturated heterocycles. The summed E-state index contributed by atoms with van der Waals surface area (Å²) in [5.74, 6) is 0.554. The Kier molecular flexibility index (Phi) is 3.56. The minimum absolute atomic E-state index is 0.110. The van der Waals surface area contributed by atoms with Gasteiger partial charge in [0.1, 0.15) is 12.9 Å². The molecule has 0 unspecified atom stereocenters. The summed E-state index contributed by atoms with van der Waals surface area (Å²) in [6.45, 7) is 1.04. The molecule has 0 amide bonds. The zero-order chi connectivity index (χ0) is 12.1. The first kappa shape index (κ1) is 11.4. The Hall–Kier alpha value is -2.08. The molecule has 0 radical (unpaired) electrons. The van der Waals surface area contributed by atoms with Crippen LogP contribution in [-0.4, -0.2) is 36.9 Å². The van der Waals surface area contributed by atoms with Gasteiger partial charge in [0, 0.05) is 5.56 Å². The molecule has 2 rings (SSSR count). The standard InChI is InChI=1S/C11H13N3O3/c1-16-13-10(11-12-6-7-17-14-11)8-4-2-3-5-9(8)15/h2-5,15H,6-7H2,1H3,(H,12,14)/b13-10+. The number of hydroxylamine groups is 1. The van der Waals surface area contributed by atoms with Crippen LogP contribution in [0, 0.1) is 0 Å². The Labute approximate surface area is 98.5 Å². The maximum Gasteiger partial charge on any atom is 0.175 e. The molecule has 0 fully saturated rings. The molecule has 1 aromatic carbocycles. The zero-order valence-corrected chi connectivity index (χ0v) is 9.38. The Bertz CT molecular complexity index is 457. The van der Waals surface area contributed by atoms with Gasteiger partial charge in [-0.15, -0.1) is 0 Å². The van der Waals surface area contributed by atoms with Gasteiger partial charge in [-0.05, 0) is 12.1 Å². The molecule has 17 heavy (non-hydrogen) atoms. The molecule has 1 aromatic rings. The number of oxime groups is 1. The Morgan fingerprint density at radius 3 is 3.00 bits per heavy atom. The summed E-state index contributed by atoms with van der Waals surface area (Å²) >= 11 is 0. The number of hydrogen-bond donors (Lipinski definition) is 2. The highest BCUT2D eigenvalue weighted by Gasteiger charge is 2.18. The number of hydrogen-bond acceptors (Lipinski definition) is 6. The maximum atomic E-state index is 9.78. The van der Waals surface area contributed by atoms with Crippen LogP contribution in [0.15, 0.2) is 34.4 Å². The van der Waals surface area contributed by atoms with E-state index in [-0.39, 0.29) is 5.75 Å². The second-order valence-corrected chi connectivity index (χ2v) is 3.32. The summed E-state index contributed by atoms with van der Waals surface area (Å²) in [5, 5.41) is 13.6. The average Bonchev–Trinajstić information content (AvgIpc) is 2.38. The third kappa shape index (κ3) is 2.54. The van der Waals surface area contributed by atoms with Crippen molar-refractivity contribution in [1.29, 1.82) is 0 Å². The van der Waals surface area contributed by atoms with Crippen molar-refractivity contribution in [3.05, 3.63) is 29.8 Å². The van der Waals surface area contributed by atoms with Gasteiger partial charge >= 0.3 is 0 Å². The van der Waals surface area contributed by atoms with E-state index in [0.717, 1.165) is 0 Å². The Balaban J connectivity index is 2.39. The van der Waals surface area contributed by atoms with Gasteiger partial charge < -0.3 is 9.94 Å². The van der Waals surface area contributed by atoms with E-state index in [0.29, 0.717) is 30.3 Å². The number of para-hydroxylation sites is 1. The van der Waals surface area contributed by atoms with Crippen LogP contribution in [0.3, 0.4) is 0 Å². The molecule has 0 aromatic heterocycles. The molecule has 0 atom stereocenters. The van der Waals surface area contributed by atoms with Crippen LogP contribution < -0.4 is 5.48 Å². The van der Waals surface area contributed by atoms with Crippen molar-refractivity contribution >= 4 is 11.5 Å². The van der Waals surface area contributed by atoms with E-state index in [1.807, 2.05) is 0 Å². The molecule has 0 bridgehead atoms. The molecule has 1 aliphatic heterocycles. The molecule has 1 aliphatic rings. The van der Waals surface area contributed by atoms with Crippen LogP contribution in [-0.2, 0) is 9.68 Å². The lowest BCUT2D eigenvalue weighted by molar-refractivity contribution is 0.0836. The highest BCUT2D eigenvalue weighted by molar-refractivity contribution is 6.47. The number of nitrogens with one attached hydrogen (secondary N) is 1. The van der Waals surface area contributed by atoms with Crippen LogP contribution in [0.2, 0.25) is 0 Å². The summed E-state index contributed by atoms with van der Waals surface area (Å²) in [7, 11) is 1.43. The fourth-order valence-corrected chi connectivity index (χ4v) is 1.46. The number of nitrogens with zero attached hydrogens (tertiary/aromatic N) is 2. The Morgan fingerprint density at radius 2 is 2.35 bits per heavy atom. The summed E-state index contributed by atoms with van der Waals surface area (Å²) < 4.78 is 0. The van der Waals surface area contributed by atoms with E-state index >= 15 is 0 Å². The minimum atomic E-state index is 0.110. The monoisotopic (exact) mass is 235 g/mol. The summed E-state index contributed by atoms with van der Waals surface area (Å²) in [4.78, 5) is 14.1. The van der Waals surface area contributed by atoms with Crippen molar-refractivity contribution in [3.63, 3.8) is 0 Å². The molecular formula is C11H13N3O3. The highest BCUT2D eigenvalue weighted by Crippen LogP contribution is 2.17. The molecule has 6 heteroatoms. The lowest BCUT2D eigenvalue weighted by Gasteiger charge is -2.16. The van der Waals surface area contributed by atoms with Crippen LogP contribution in [0.4, 0.5) is 0 Å². The van der Waals surface area contributed by atoms with Crippen LogP contribution in [0.25, 0.3) is 0 Å². The fraction of sp³-hybridized carbons (Fsp3) is 0.273. The van der Waals surface area contributed by atoms with Crippen molar-refractivity contribution in [3.8, 4) is 5.75 Å². The quantitative estimate of drug-likeness (QED) is 0.596. The maximum absolute atomic E-state index is 9.78. The Morgan fingerprint density at radius 1 is 1.53 bits per heavy atom. The third-order valence-corrected chi connectivity index (χ3v) is 2.20. The van der Waals surface area contributed by atoms with Crippen LogP contribution in [0.1, 0.15) is 5.56 Å². The predicted molar refractivity (Wildman–Crippen MR) is 63.0 cm³/mol. The van der Waals surface area contributed by atoms with Gasteiger partial charge in [0.25, 0.3) is 0 Å². The lowest BCUT2D eigenvalue weighted by Crippen LogP contribution is -2.36. The van der Waals surface area contributed by atoms with E-state index < -0.39 is 0 Å². The number of phenolic OH excluding ortho intramolecular Hbond substituents is 1. The van der Waals surface area contributed by atoms with E-state index in [1.165, 1.54) is 7.11 Å². The first-order chi connectivity index (χ1) is 8.33. The smallest absolute Gasteiger partial charge is 0.175 e. The molecule has 1 heterocycles. The minimum Gasteiger partial charge on any atom is -0.507 e.